The van der Waals surface area contributed by atoms with Crippen molar-refractivity contribution in [1.29, 1.82) is 0 Å². The van der Waals surface area contributed by atoms with E-state index in [0.717, 1.165) is 6.42 Å². The van der Waals surface area contributed by atoms with E-state index in [1.807, 2.05) is 13.2 Å². The Kier molecular flexibility index (Phi) is 7.01. The number of aliphatic carboxylic acids is 1. The summed E-state index contributed by atoms with van der Waals surface area (Å²) in [4.78, 5) is 24.8. The number of carboxylic acid groups (broad SMARTS) is 1. The predicted octanol–water partition coefficient (Wildman–Crippen LogP) is 1.01. The Morgan fingerprint density at radius 1 is 1.58 bits per heavy atom. The number of urea groups is 1. The van der Waals surface area contributed by atoms with Crippen LogP contribution in [-0.2, 0) is 9.53 Å². The van der Waals surface area contributed by atoms with E-state index in [1.54, 1.807) is 16.7 Å². The summed E-state index contributed by atoms with van der Waals surface area (Å²) in [5.74, 6) is -0.280. The minimum absolute atomic E-state index is 0.0114. The summed E-state index contributed by atoms with van der Waals surface area (Å²) in [5.41, 5.74) is 0. The van der Waals surface area contributed by atoms with Gasteiger partial charge in [-0.1, -0.05) is 0 Å². The van der Waals surface area contributed by atoms with Gasteiger partial charge in [-0.25, -0.2) is 9.59 Å². The second-order valence-corrected chi connectivity index (χ2v) is 5.59. The third-order valence-corrected chi connectivity index (χ3v) is 3.59. The molecule has 1 fully saturated rings. The Balaban J connectivity index is 2.52. The predicted molar refractivity (Wildman–Crippen MR) is 74.6 cm³/mol. The Morgan fingerprint density at radius 2 is 2.32 bits per heavy atom. The Labute approximate surface area is 117 Å². The van der Waals surface area contributed by atoms with Gasteiger partial charge in [-0.3, -0.25) is 0 Å². The highest BCUT2D eigenvalue weighted by atomic mass is 32.2. The number of amides is 2. The second-order valence-electron chi connectivity index (χ2n) is 4.60. The Morgan fingerprint density at radius 3 is 2.95 bits per heavy atom. The molecule has 0 bridgehead atoms. The Hall–Kier alpha value is -0.950. The van der Waals surface area contributed by atoms with Crippen LogP contribution in [0.1, 0.15) is 19.8 Å². The Bertz CT molecular complexity index is 314. The van der Waals surface area contributed by atoms with E-state index in [1.165, 1.54) is 0 Å². The maximum atomic E-state index is 12.1. The number of thioether (sulfide) groups is 1. The van der Waals surface area contributed by atoms with E-state index in [0.29, 0.717) is 31.9 Å². The van der Waals surface area contributed by atoms with Gasteiger partial charge < -0.3 is 20.1 Å². The lowest BCUT2D eigenvalue weighted by Gasteiger charge is -2.24. The molecule has 6 nitrogen and oxygen atoms in total. The van der Waals surface area contributed by atoms with Gasteiger partial charge in [0.15, 0.2) is 0 Å². The van der Waals surface area contributed by atoms with Crippen molar-refractivity contribution >= 4 is 23.8 Å². The molecule has 0 saturated carbocycles. The number of carbonyl (C=O) groups is 2. The standard InChI is InChI=1S/C12H22N2O4S/c1-9-8-14(5-3-6-18-9)12(17)13-10(11(15)16)4-7-19-2/h9-10H,3-8H2,1-2H3,(H,13,17)(H,15,16). The lowest BCUT2D eigenvalue weighted by Crippen LogP contribution is -2.49. The zero-order valence-corrected chi connectivity index (χ0v) is 12.2. The monoisotopic (exact) mass is 290 g/mol. The van der Waals surface area contributed by atoms with Crippen molar-refractivity contribution in [3.05, 3.63) is 0 Å². The quantitative estimate of drug-likeness (QED) is 0.790. The molecule has 110 valence electrons. The fourth-order valence-electron chi connectivity index (χ4n) is 1.91. The molecule has 1 aliphatic heterocycles. The molecule has 2 N–H and O–H groups in total. The van der Waals surface area contributed by atoms with Crippen LogP contribution in [0.15, 0.2) is 0 Å². The minimum Gasteiger partial charge on any atom is -0.480 e. The minimum atomic E-state index is -0.985. The van der Waals surface area contributed by atoms with E-state index in [2.05, 4.69) is 5.32 Å². The van der Waals surface area contributed by atoms with Crippen molar-refractivity contribution in [3.8, 4) is 0 Å². The summed E-state index contributed by atoms with van der Waals surface area (Å²) in [6.07, 6.45) is 3.11. The molecular weight excluding hydrogens is 268 g/mol. The molecule has 0 radical (unpaired) electrons. The van der Waals surface area contributed by atoms with Gasteiger partial charge in [0, 0.05) is 19.7 Å². The van der Waals surface area contributed by atoms with Crippen LogP contribution in [0.25, 0.3) is 0 Å². The first-order chi connectivity index (χ1) is 9.04. The molecule has 1 aliphatic rings. The van der Waals surface area contributed by atoms with Gasteiger partial charge >= 0.3 is 12.0 Å². The van der Waals surface area contributed by atoms with E-state index in [-0.39, 0.29) is 12.1 Å². The second kappa shape index (κ2) is 8.27. The summed E-state index contributed by atoms with van der Waals surface area (Å²) in [5, 5.41) is 11.7. The molecule has 7 heteroatoms. The molecule has 1 rings (SSSR count). The average molecular weight is 290 g/mol. The SMILES string of the molecule is CSCCC(NC(=O)N1CCCOC(C)C1)C(=O)O. The van der Waals surface area contributed by atoms with Crippen LogP contribution in [0.5, 0.6) is 0 Å². The molecule has 2 atom stereocenters. The van der Waals surface area contributed by atoms with Gasteiger partial charge in [0.05, 0.1) is 6.10 Å². The van der Waals surface area contributed by atoms with Crippen molar-refractivity contribution < 1.29 is 19.4 Å². The zero-order valence-electron chi connectivity index (χ0n) is 11.4. The summed E-state index contributed by atoms with van der Waals surface area (Å²) >= 11 is 1.57. The first-order valence-electron chi connectivity index (χ1n) is 6.43. The number of nitrogens with one attached hydrogen (secondary N) is 1. The van der Waals surface area contributed by atoms with Gasteiger partial charge in [0.2, 0.25) is 0 Å². The normalized spacial score (nSPS) is 21.6. The van der Waals surface area contributed by atoms with Crippen LogP contribution in [-0.4, -0.2) is 65.9 Å². The molecule has 0 aromatic carbocycles. The van der Waals surface area contributed by atoms with Gasteiger partial charge in [0.25, 0.3) is 0 Å². The number of hydrogen-bond donors (Lipinski definition) is 2. The van der Waals surface area contributed by atoms with Gasteiger partial charge in [-0.05, 0) is 31.8 Å². The fraction of sp³-hybridized carbons (Fsp3) is 0.833. The molecule has 1 saturated heterocycles. The molecule has 0 aliphatic carbocycles. The maximum Gasteiger partial charge on any atom is 0.326 e. The highest BCUT2D eigenvalue weighted by molar-refractivity contribution is 7.98. The number of rotatable bonds is 5. The molecular formula is C12H22N2O4S. The number of carboxylic acids is 1. The molecule has 1 heterocycles. The van der Waals surface area contributed by atoms with Crippen LogP contribution < -0.4 is 5.32 Å². The van der Waals surface area contributed by atoms with Gasteiger partial charge in [-0.2, -0.15) is 11.8 Å². The van der Waals surface area contributed by atoms with Crippen molar-refractivity contribution in [2.75, 3.05) is 31.7 Å². The zero-order chi connectivity index (χ0) is 14.3. The number of nitrogens with zero attached hydrogens (tertiary/aromatic N) is 1. The topological polar surface area (TPSA) is 78.9 Å². The number of carbonyl (C=O) groups excluding carboxylic acids is 1. The summed E-state index contributed by atoms with van der Waals surface area (Å²) in [6, 6.07) is -1.13. The largest absolute Gasteiger partial charge is 0.480 e. The van der Waals surface area contributed by atoms with Crippen LogP contribution in [0.2, 0.25) is 0 Å². The fourth-order valence-corrected chi connectivity index (χ4v) is 2.38. The van der Waals surface area contributed by atoms with Crippen LogP contribution in [0, 0.1) is 0 Å². The lowest BCUT2D eigenvalue weighted by molar-refractivity contribution is -0.139. The molecule has 0 aromatic rings. The third kappa shape index (κ3) is 5.69. The van der Waals surface area contributed by atoms with Crippen LogP contribution in [0.4, 0.5) is 4.79 Å². The number of ether oxygens (including phenoxy) is 1. The van der Waals surface area contributed by atoms with Crippen molar-refractivity contribution in [3.63, 3.8) is 0 Å². The molecule has 0 aromatic heterocycles. The first kappa shape index (κ1) is 16.1. The summed E-state index contributed by atoms with van der Waals surface area (Å²) in [6.45, 7) is 3.65. The highest BCUT2D eigenvalue weighted by Crippen LogP contribution is 2.07. The third-order valence-electron chi connectivity index (χ3n) is 2.95. The first-order valence-corrected chi connectivity index (χ1v) is 7.82. The molecule has 0 spiro atoms. The van der Waals surface area contributed by atoms with Crippen LogP contribution >= 0.6 is 11.8 Å². The van der Waals surface area contributed by atoms with Crippen molar-refractivity contribution in [2.24, 2.45) is 0 Å². The molecule has 19 heavy (non-hydrogen) atoms. The van der Waals surface area contributed by atoms with Gasteiger partial charge in [0.1, 0.15) is 6.04 Å². The van der Waals surface area contributed by atoms with E-state index in [9.17, 15) is 9.59 Å². The molecule has 2 unspecified atom stereocenters. The van der Waals surface area contributed by atoms with Crippen LogP contribution in [0.3, 0.4) is 0 Å². The highest BCUT2D eigenvalue weighted by Gasteiger charge is 2.25. The van der Waals surface area contributed by atoms with Crippen molar-refractivity contribution in [1.82, 2.24) is 10.2 Å². The maximum absolute atomic E-state index is 12.1. The smallest absolute Gasteiger partial charge is 0.326 e. The average Bonchev–Trinajstić information content (AvgIpc) is 2.58. The van der Waals surface area contributed by atoms with E-state index < -0.39 is 12.0 Å². The lowest BCUT2D eigenvalue weighted by atomic mass is 10.2. The van der Waals surface area contributed by atoms with E-state index >= 15 is 0 Å². The van der Waals surface area contributed by atoms with E-state index in [4.69, 9.17) is 9.84 Å². The summed E-state index contributed by atoms with van der Waals surface area (Å²) < 4.78 is 5.46. The molecule has 2 amide bonds. The van der Waals surface area contributed by atoms with Crippen molar-refractivity contribution in [2.45, 2.75) is 31.9 Å². The van der Waals surface area contributed by atoms with Gasteiger partial charge in [-0.15, -0.1) is 0 Å². The number of hydrogen-bond acceptors (Lipinski definition) is 4. The summed E-state index contributed by atoms with van der Waals surface area (Å²) in [7, 11) is 0.